The minimum Gasteiger partial charge on any atom is -0.478 e. The quantitative estimate of drug-likeness (QED) is 0.325. The number of nitrogens with one attached hydrogen (secondary N) is 1. The molecule has 6 nitrogen and oxygen atoms in total. The first kappa shape index (κ1) is 23.1. The summed E-state index contributed by atoms with van der Waals surface area (Å²) in [6.45, 7) is 4.12. The van der Waals surface area contributed by atoms with Crippen LogP contribution in [0.25, 0.3) is 5.69 Å². The number of aryl methyl sites for hydroxylation is 1. The average Bonchev–Trinajstić information content (AvgIpc) is 3.35. The zero-order valence-corrected chi connectivity index (χ0v) is 20.7. The molecule has 2 N–H and O–H groups in total. The maximum absolute atomic E-state index is 11.3. The van der Waals surface area contributed by atoms with Crippen LogP contribution in [0.2, 0.25) is 5.02 Å². The first-order valence-electron chi connectivity index (χ1n) is 11.1. The molecule has 0 saturated carbocycles. The first-order chi connectivity index (χ1) is 16.8. The van der Waals surface area contributed by atoms with Crippen LogP contribution in [0.1, 0.15) is 45.1 Å². The second-order valence-corrected chi connectivity index (χ2v) is 9.31. The van der Waals surface area contributed by atoms with E-state index in [-0.39, 0.29) is 17.6 Å². The monoisotopic (exact) mass is 502 g/mol. The summed E-state index contributed by atoms with van der Waals surface area (Å²) in [7, 11) is 0. The number of halogens is 1. The van der Waals surface area contributed by atoms with Crippen molar-refractivity contribution in [3.8, 4) is 5.69 Å². The standard InChI is InChI=1S/C27H23ClN4O2S/c1-16-15-22(17(2)31(16)20-10-6-18(7-11-20)26(33)34)25-24(23-5-3-4-14-29-23)30-27(35)32(25)21-12-8-19(28)9-13-21/h3-15,24-25H,1-2H3,(H,30,35)(H,33,34). The third-order valence-corrected chi connectivity index (χ3v) is 6.93. The topological polar surface area (TPSA) is 70.4 Å². The molecule has 5 rings (SSSR count). The van der Waals surface area contributed by atoms with Crippen molar-refractivity contribution in [2.75, 3.05) is 4.90 Å². The van der Waals surface area contributed by atoms with Crippen molar-refractivity contribution in [3.05, 3.63) is 112 Å². The van der Waals surface area contributed by atoms with Gasteiger partial charge in [-0.1, -0.05) is 17.7 Å². The molecule has 0 bridgehead atoms. The number of hydrogen-bond acceptors (Lipinski definition) is 3. The summed E-state index contributed by atoms with van der Waals surface area (Å²) in [5.74, 6) is -0.944. The summed E-state index contributed by atoms with van der Waals surface area (Å²) in [5, 5.41) is 14.0. The Morgan fingerprint density at radius 3 is 2.34 bits per heavy atom. The summed E-state index contributed by atoms with van der Waals surface area (Å²) >= 11 is 12.0. The lowest BCUT2D eigenvalue weighted by Gasteiger charge is -2.28. The van der Waals surface area contributed by atoms with Crippen molar-refractivity contribution in [3.63, 3.8) is 0 Å². The number of pyridine rings is 1. The van der Waals surface area contributed by atoms with Gasteiger partial charge in [0.25, 0.3) is 0 Å². The van der Waals surface area contributed by atoms with Crippen LogP contribution in [0.4, 0.5) is 5.69 Å². The number of anilines is 1. The Labute approximate surface area is 213 Å². The zero-order chi connectivity index (χ0) is 24.7. The summed E-state index contributed by atoms with van der Waals surface area (Å²) in [5.41, 5.74) is 6.17. The molecule has 0 spiro atoms. The number of hydrogen-bond donors (Lipinski definition) is 2. The Morgan fingerprint density at radius 1 is 1.03 bits per heavy atom. The molecule has 176 valence electrons. The molecule has 2 aromatic heterocycles. The van der Waals surface area contributed by atoms with E-state index in [0.29, 0.717) is 10.1 Å². The maximum Gasteiger partial charge on any atom is 0.335 e. The lowest BCUT2D eigenvalue weighted by Crippen LogP contribution is -2.29. The van der Waals surface area contributed by atoms with Gasteiger partial charge in [-0.25, -0.2) is 4.79 Å². The molecular formula is C27H23ClN4O2S. The molecule has 3 heterocycles. The SMILES string of the molecule is Cc1cc(C2C(c3ccccn3)NC(=S)N2c2ccc(Cl)cc2)c(C)n1-c1ccc(C(=O)O)cc1. The minimum atomic E-state index is -0.944. The van der Waals surface area contributed by atoms with E-state index in [0.717, 1.165) is 34.0 Å². The predicted molar refractivity (Wildman–Crippen MR) is 142 cm³/mol. The van der Waals surface area contributed by atoms with Crippen LogP contribution in [-0.4, -0.2) is 25.7 Å². The number of thiocarbonyl (C=S) groups is 1. The largest absolute Gasteiger partial charge is 0.478 e. The lowest BCUT2D eigenvalue weighted by atomic mass is 9.96. The van der Waals surface area contributed by atoms with Crippen LogP contribution in [0, 0.1) is 13.8 Å². The molecule has 2 atom stereocenters. The second kappa shape index (κ2) is 9.17. The van der Waals surface area contributed by atoms with Crippen molar-refractivity contribution < 1.29 is 9.90 Å². The lowest BCUT2D eigenvalue weighted by molar-refractivity contribution is 0.0697. The highest BCUT2D eigenvalue weighted by Gasteiger charge is 2.42. The molecule has 8 heteroatoms. The smallest absolute Gasteiger partial charge is 0.335 e. The van der Waals surface area contributed by atoms with Gasteiger partial charge in [0.2, 0.25) is 0 Å². The van der Waals surface area contributed by atoms with E-state index >= 15 is 0 Å². The highest BCUT2D eigenvalue weighted by Crippen LogP contribution is 2.43. The molecule has 1 saturated heterocycles. The number of benzene rings is 2. The van der Waals surface area contributed by atoms with E-state index in [1.165, 1.54) is 0 Å². The molecule has 2 aromatic carbocycles. The summed E-state index contributed by atoms with van der Waals surface area (Å²) in [4.78, 5) is 18.0. The number of carboxylic acid groups (broad SMARTS) is 1. The van der Waals surface area contributed by atoms with E-state index in [1.54, 1.807) is 18.3 Å². The van der Waals surface area contributed by atoms with Crippen LogP contribution >= 0.6 is 23.8 Å². The molecule has 1 fully saturated rings. The fourth-order valence-corrected chi connectivity index (χ4v) is 5.26. The van der Waals surface area contributed by atoms with Gasteiger partial charge in [-0.3, -0.25) is 4.98 Å². The van der Waals surface area contributed by atoms with E-state index in [1.807, 2.05) is 61.5 Å². The van der Waals surface area contributed by atoms with Gasteiger partial charge in [-0.2, -0.15) is 0 Å². The van der Waals surface area contributed by atoms with Gasteiger partial charge in [0.15, 0.2) is 5.11 Å². The molecule has 4 aromatic rings. The van der Waals surface area contributed by atoms with E-state index in [2.05, 4.69) is 32.8 Å². The molecule has 1 aliphatic rings. The Balaban J connectivity index is 1.65. The predicted octanol–water partition coefficient (Wildman–Crippen LogP) is 6.02. The molecule has 0 amide bonds. The number of carbonyl (C=O) groups is 1. The van der Waals surface area contributed by atoms with Gasteiger partial charge >= 0.3 is 5.97 Å². The first-order valence-corrected chi connectivity index (χ1v) is 11.9. The van der Waals surface area contributed by atoms with Crippen LogP contribution in [0.5, 0.6) is 0 Å². The number of carboxylic acids is 1. The van der Waals surface area contributed by atoms with Gasteiger partial charge in [0.1, 0.15) is 0 Å². The zero-order valence-electron chi connectivity index (χ0n) is 19.1. The molecule has 0 radical (unpaired) electrons. The summed E-state index contributed by atoms with van der Waals surface area (Å²) in [6, 6.07) is 22.3. The normalized spacial score (nSPS) is 17.5. The van der Waals surface area contributed by atoms with Crippen LogP contribution in [-0.2, 0) is 0 Å². The number of aromatic nitrogens is 2. The Bertz CT molecular complexity index is 1400. The van der Waals surface area contributed by atoms with Gasteiger partial charge in [0.05, 0.1) is 23.3 Å². The third kappa shape index (κ3) is 4.17. The number of aromatic carboxylic acids is 1. The Kier molecular flexibility index (Phi) is 6.05. The Hall–Kier alpha value is -3.68. The molecular weight excluding hydrogens is 480 g/mol. The fourth-order valence-electron chi connectivity index (χ4n) is 4.79. The highest BCUT2D eigenvalue weighted by atomic mass is 35.5. The summed E-state index contributed by atoms with van der Waals surface area (Å²) in [6.07, 6.45) is 1.79. The third-order valence-electron chi connectivity index (χ3n) is 6.36. The Morgan fingerprint density at radius 2 is 1.71 bits per heavy atom. The van der Waals surface area contributed by atoms with E-state index < -0.39 is 5.97 Å². The molecule has 0 aliphatic carbocycles. The van der Waals surface area contributed by atoms with Crippen molar-refractivity contribution in [1.29, 1.82) is 0 Å². The second-order valence-electron chi connectivity index (χ2n) is 8.49. The van der Waals surface area contributed by atoms with Crippen LogP contribution in [0.15, 0.2) is 79.0 Å². The van der Waals surface area contributed by atoms with E-state index in [4.69, 9.17) is 23.8 Å². The van der Waals surface area contributed by atoms with Crippen LogP contribution in [0.3, 0.4) is 0 Å². The molecule has 2 unspecified atom stereocenters. The van der Waals surface area contributed by atoms with Crippen molar-refractivity contribution in [1.82, 2.24) is 14.9 Å². The van der Waals surface area contributed by atoms with Gasteiger partial charge < -0.3 is 19.9 Å². The molecule has 1 aliphatic heterocycles. The highest BCUT2D eigenvalue weighted by molar-refractivity contribution is 7.80. The molecule has 35 heavy (non-hydrogen) atoms. The fraction of sp³-hybridized carbons (Fsp3) is 0.148. The van der Waals surface area contributed by atoms with Crippen molar-refractivity contribution in [2.24, 2.45) is 0 Å². The maximum atomic E-state index is 11.3. The van der Waals surface area contributed by atoms with Gasteiger partial charge in [-0.15, -0.1) is 0 Å². The average molecular weight is 503 g/mol. The van der Waals surface area contributed by atoms with Crippen molar-refractivity contribution in [2.45, 2.75) is 25.9 Å². The van der Waals surface area contributed by atoms with Crippen molar-refractivity contribution >= 4 is 40.6 Å². The van der Waals surface area contributed by atoms with Gasteiger partial charge in [-0.05, 0) is 98.4 Å². The number of rotatable bonds is 5. The van der Waals surface area contributed by atoms with E-state index in [9.17, 15) is 9.90 Å². The minimum absolute atomic E-state index is 0.156. The van der Waals surface area contributed by atoms with Gasteiger partial charge in [0, 0.05) is 34.0 Å². The van der Waals surface area contributed by atoms with Crippen LogP contribution < -0.4 is 10.2 Å². The summed E-state index contributed by atoms with van der Waals surface area (Å²) < 4.78 is 2.14. The number of nitrogens with zero attached hydrogens (tertiary/aromatic N) is 3.